The number of amides is 2. The van der Waals surface area contributed by atoms with Gasteiger partial charge in [0.15, 0.2) is 5.69 Å². The van der Waals surface area contributed by atoms with Crippen molar-refractivity contribution in [3.05, 3.63) is 40.0 Å². The molecule has 2 amide bonds. The van der Waals surface area contributed by atoms with Crippen LogP contribution >= 0.6 is 11.6 Å². The SMILES string of the molecule is Cn1nc(C(F)(F)C(F)(F)F)c(C(F)(F)F)c1OC(=O)Nc1ccc(Cl)c(C(=O)NC2CC2)c1. The van der Waals surface area contributed by atoms with Gasteiger partial charge in [-0.05, 0) is 31.0 Å². The predicted molar refractivity (Wildman–Crippen MR) is 99.7 cm³/mol. The Morgan fingerprint density at radius 1 is 1.12 bits per heavy atom. The van der Waals surface area contributed by atoms with Gasteiger partial charge in [-0.15, -0.1) is 0 Å². The minimum atomic E-state index is -6.40. The Morgan fingerprint density at radius 3 is 2.26 bits per heavy atom. The summed E-state index contributed by atoms with van der Waals surface area (Å²) < 4.78 is 110. The van der Waals surface area contributed by atoms with Crippen LogP contribution in [0.5, 0.6) is 5.88 Å². The number of carbonyl (C=O) groups is 2. The molecule has 1 aromatic heterocycles. The summed E-state index contributed by atoms with van der Waals surface area (Å²) in [5.74, 6) is -8.28. The van der Waals surface area contributed by atoms with Crippen LogP contribution in [-0.4, -0.2) is 34.0 Å². The topological polar surface area (TPSA) is 85.2 Å². The molecule has 0 spiro atoms. The number of nitrogens with one attached hydrogen (secondary N) is 2. The fourth-order valence-electron chi connectivity index (χ4n) is 2.73. The third-order valence-electron chi connectivity index (χ3n) is 4.49. The van der Waals surface area contributed by atoms with E-state index in [1.165, 1.54) is 6.07 Å². The molecule has 1 aliphatic rings. The van der Waals surface area contributed by atoms with Gasteiger partial charge in [0.1, 0.15) is 5.56 Å². The second-order valence-electron chi connectivity index (χ2n) is 7.18. The lowest BCUT2D eigenvalue weighted by atomic mass is 10.1. The highest BCUT2D eigenvalue weighted by atomic mass is 35.5. The smallest absolute Gasteiger partial charge is 0.391 e. The summed E-state index contributed by atoms with van der Waals surface area (Å²) in [5.41, 5.74) is -5.53. The summed E-state index contributed by atoms with van der Waals surface area (Å²) in [6, 6.07) is 3.36. The Labute approximate surface area is 190 Å². The summed E-state index contributed by atoms with van der Waals surface area (Å²) >= 11 is 5.93. The third-order valence-corrected chi connectivity index (χ3v) is 4.82. The van der Waals surface area contributed by atoms with Crippen LogP contribution in [0.2, 0.25) is 5.02 Å². The zero-order valence-electron chi connectivity index (χ0n) is 16.7. The van der Waals surface area contributed by atoms with Crippen molar-refractivity contribution in [1.29, 1.82) is 0 Å². The molecule has 1 saturated carbocycles. The lowest BCUT2D eigenvalue weighted by Crippen LogP contribution is -2.36. The largest absolute Gasteiger partial charge is 0.459 e. The highest BCUT2D eigenvalue weighted by molar-refractivity contribution is 6.34. The first-order valence-corrected chi connectivity index (χ1v) is 9.58. The van der Waals surface area contributed by atoms with Gasteiger partial charge < -0.3 is 10.1 Å². The van der Waals surface area contributed by atoms with E-state index < -0.39 is 47.4 Å². The molecular formula is C18H13ClF8N4O3. The monoisotopic (exact) mass is 520 g/mol. The molecule has 0 radical (unpaired) electrons. The van der Waals surface area contributed by atoms with E-state index in [4.69, 9.17) is 11.6 Å². The number of nitrogens with zero attached hydrogens (tertiary/aromatic N) is 2. The Bertz CT molecular complexity index is 1130. The Balaban J connectivity index is 1.89. The van der Waals surface area contributed by atoms with E-state index in [9.17, 15) is 44.7 Å². The molecule has 1 aromatic carbocycles. The normalized spacial score (nSPS) is 14.6. The molecule has 7 nitrogen and oxygen atoms in total. The maximum Gasteiger partial charge on any atom is 0.459 e. The van der Waals surface area contributed by atoms with Gasteiger partial charge >= 0.3 is 24.4 Å². The summed E-state index contributed by atoms with van der Waals surface area (Å²) in [4.78, 5) is 24.3. The van der Waals surface area contributed by atoms with Crippen LogP contribution in [-0.2, 0) is 19.1 Å². The molecule has 16 heteroatoms. The molecule has 2 N–H and O–H groups in total. The molecule has 0 aliphatic heterocycles. The number of carbonyl (C=O) groups excluding carboxylic acids is 2. The third kappa shape index (κ3) is 5.18. The molecule has 0 bridgehead atoms. The molecule has 186 valence electrons. The van der Waals surface area contributed by atoms with Crippen molar-refractivity contribution in [3.63, 3.8) is 0 Å². The van der Waals surface area contributed by atoms with Crippen molar-refractivity contribution in [2.45, 2.75) is 37.2 Å². The van der Waals surface area contributed by atoms with E-state index in [-0.39, 0.29) is 27.0 Å². The fourth-order valence-corrected chi connectivity index (χ4v) is 2.94. The lowest BCUT2D eigenvalue weighted by Gasteiger charge is -2.19. The van der Waals surface area contributed by atoms with E-state index >= 15 is 0 Å². The molecule has 0 saturated heterocycles. The molecule has 1 fully saturated rings. The van der Waals surface area contributed by atoms with Crippen LogP contribution in [0, 0.1) is 0 Å². The molecule has 1 heterocycles. The summed E-state index contributed by atoms with van der Waals surface area (Å²) in [6.07, 6.45) is -12.4. The first-order valence-electron chi connectivity index (χ1n) is 9.20. The van der Waals surface area contributed by atoms with Crippen LogP contribution in [0.3, 0.4) is 0 Å². The van der Waals surface area contributed by atoms with E-state index in [0.717, 1.165) is 25.0 Å². The van der Waals surface area contributed by atoms with Crippen LogP contribution in [0.15, 0.2) is 18.2 Å². The van der Waals surface area contributed by atoms with Crippen LogP contribution in [0.25, 0.3) is 0 Å². The number of rotatable bonds is 5. The van der Waals surface area contributed by atoms with Crippen LogP contribution < -0.4 is 15.4 Å². The predicted octanol–water partition coefficient (Wildman–Crippen LogP) is 5.25. The molecule has 2 aromatic rings. The maximum absolute atomic E-state index is 13.7. The molecule has 3 rings (SSSR count). The van der Waals surface area contributed by atoms with Gasteiger partial charge in [-0.3, -0.25) is 10.1 Å². The van der Waals surface area contributed by atoms with E-state index in [2.05, 4.69) is 15.2 Å². The van der Waals surface area contributed by atoms with Gasteiger partial charge in [0, 0.05) is 18.8 Å². The second-order valence-corrected chi connectivity index (χ2v) is 7.59. The van der Waals surface area contributed by atoms with Crippen molar-refractivity contribution < 1.29 is 49.4 Å². The fraction of sp³-hybridized carbons (Fsp3) is 0.389. The Morgan fingerprint density at radius 2 is 1.74 bits per heavy atom. The number of benzene rings is 1. The summed E-state index contributed by atoms with van der Waals surface area (Å²) in [6.45, 7) is 0. The average molecular weight is 521 g/mol. The van der Waals surface area contributed by atoms with Crippen LogP contribution in [0.4, 0.5) is 45.6 Å². The van der Waals surface area contributed by atoms with E-state index in [1.807, 2.05) is 5.32 Å². The maximum atomic E-state index is 13.7. The Hall–Kier alpha value is -3.10. The number of halogens is 9. The van der Waals surface area contributed by atoms with E-state index in [0.29, 0.717) is 7.05 Å². The number of aromatic nitrogens is 2. The number of alkyl halides is 8. The minimum Gasteiger partial charge on any atom is -0.391 e. The molecule has 1 aliphatic carbocycles. The minimum absolute atomic E-state index is 0.0120. The lowest BCUT2D eigenvalue weighted by molar-refractivity contribution is -0.292. The van der Waals surface area contributed by atoms with Gasteiger partial charge in [0.05, 0.1) is 10.6 Å². The molecular weight excluding hydrogens is 508 g/mol. The average Bonchev–Trinajstić information content (AvgIpc) is 3.43. The number of hydrogen-bond acceptors (Lipinski definition) is 4. The van der Waals surface area contributed by atoms with Crippen molar-refractivity contribution in [1.82, 2.24) is 15.1 Å². The van der Waals surface area contributed by atoms with Gasteiger partial charge in [-0.2, -0.15) is 40.2 Å². The number of aryl methyl sites for hydroxylation is 1. The zero-order valence-corrected chi connectivity index (χ0v) is 17.5. The number of anilines is 1. The second kappa shape index (κ2) is 8.60. The van der Waals surface area contributed by atoms with Crippen molar-refractivity contribution >= 4 is 29.3 Å². The highest BCUT2D eigenvalue weighted by Gasteiger charge is 2.64. The first kappa shape index (κ1) is 25.5. The van der Waals surface area contributed by atoms with Gasteiger partial charge in [0.2, 0.25) is 5.88 Å². The standard InChI is InChI=1S/C18H13ClF8N4O3/c1-31-14(11(17(22,23)24)12(30-31)16(20,21)18(25,26)27)34-15(33)29-8-4-5-10(19)9(6-8)13(32)28-7-2-3-7/h4-7H,2-3H2,1H3,(H,28,32)(H,29,33). The molecule has 0 atom stereocenters. The first-order chi connectivity index (χ1) is 15.5. The zero-order chi connectivity index (χ0) is 25.6. The summed E-state index contributed by atoms with van der Waals surface area (Å²) in [5, 5.41) is 7.17. The Kier molecular flexibility index (Phi) is 6.45. The van der Waals surface area contributed by atoms with Gasteiger partial charge in [-0.25, -0.2) is 9.48 Å². The van der Waals surface area contributed by atoms with Gasteiger partial charge in [-0.1, -0.05) is 11.6 Å². The molecule has 0 unspecified atom stereocenters. The molecule has 34 heavy (non-hydrogen) atoms. The number of ether oxygens (including phenoxy) is 1. The van der Waals surface area contributed by atoms with E-state index in [1.54, 1.807) is 0 Å². The van der Waals surface area contributed by atoms with Crippen molar-refractivity contribution in [3.8, 4) is 5.88 Å². The van der Waals surface area contributed by atoms with Crippen molar-refractivity contribution in [2.75, 3.05) is 5.32 Å². The summed E-state index contributed by atoms with van der Waals surface area (Å²) in [7, 11) is 0.580. The van der Waals surface area contributed by atoms with Gasteiger partial charge in [0.25, 0.3) is 5.91 Å². The van der Waals surface area contributed by atoms with Crippen LogP contribution in [0.1, 0.15) is 34.5 Å². The quantitative estimate of drug-likeness (QED) is 0.528. The van der Waals surface area contributed by atoms with Crippen molar-refractivity contribution in [2.24, 2.45) is 7.05 Å². The highest BCUT2D eigenvalue weighted by Crippen LogP contribution is 2.50. The number of hydrogen-bond donors (Lipinski definition) is 2.